The summed E-state index contributed by atoms with van der Waals surface area (Å²) in [4.78, 5) is 13.2. The highest BCUT2D eigenvalue weighted by Gasteiger charge is 2.30. The summed E-state index contributed by atoms with van der Waals surface area (Å²) in [5.41, 5.74) is 4.44. The van der Waals surface area contributed by atoms with E-state index in [0.717, 1.165) is 11.1 Å². The van der Waals surface area contributed by atoms with Gasteiger partial charge < -0.3 is 25.4 Å². The number of halogens is 2. The molecule has 0 saturated heterocycles. The summed E-state index contributed by atoms with van der Waals surface area (Å²) in [6.45, 7) is 2.73. The molecule has 3 N–H and O–H groups in total. The topological polar surface area (TPSA) is 71.6 Å². The molecule has 1 atom stereocenters. The van der Waals surface area contributed by atoms with Gasteiger partial charge in [-0.05, 0) is 73.9 Å². The van der Waals surface area contributed by atoms with Crippen LogP contribution in [0.2, 0.25) is 0 Å². The third-order valence-corrected chi connectivity index (χ3v) is 5.24. The number of alkyl halides is 2. The molecule has 0 spiro atoms. The van der Waals surface area contributed by atoms with E-state index in [4.69, 9.17) is 17.0 Å². The van der Waals surface area contributed by atoms with Gasteiger partial charge in [-0.3, -0.25) is 4.79 Å². The molecule has 9 heteroatoms. The zero-order chi connectivity index (χ0) is 22.7. The number of hydrogen-bond acceptors (Lipinski definition) is 4. The molecular formula is C22H23F2N3O3S. The van der Waals surface area contributed by atoms with E-state index in [1.54, 1.807) is 19.1 Å². The Hall–Kier alpha value is -3.20. The van der Waals surface area contributed by atoms with Crippen LogP contribution in [0.15, 0.2) is 47.7 Å². The Kier molecular flexibility index (Phi) is 6.74. The molecule has 31 heavy (non-hydrogen) atoms. The number of anilines is 1. The molecular weight excluding hydrogens is 424 g/mol. The molecule has 0 fully saturated rings. The second-order valence-corrected chi connectivity index (χ2v) is 7.52. The van der Waals surface area contributed by atoms with Crippen LogP contribution >= 0.6 is 12.2 Å². The molecule has 0 aliphatic carbocycles. The minimum atomic E-state index is -2.98. The largest absolute Gasteiger partial charge is 0.493 e. The van der Waals surface area contributed by atoms with Gasteiger partial charge in [-0.15, -0.1) is 0 Å². The zero-order valence-electron chi connectivity index (χ0n) is 17.5. The summed E-state index contributed by atoms with van der Waals surface area (Å²) < 4.78 is 35.0. The second kappa shape index (κ2) is 9.30. The maximum atomic E-state index is 13.2. The fraction of sp³-hybridized carbons (Fsp3) is 0.273. The van der Waals surface area contributed by atoms with E-state index in [0.29, 0.717) is 27.6 Å². The quantitative estimate of drug-likeness (QED) is 0.572. The van der Waals surface area contributed by atoms with Gasteiger partial charge in [0.25, 0.3) is 5.91 Å². The van der Waals surface area contributed by atoms with Crippen LogP contribution in [0.4, 0.5) is 14.5 Å². The monoisotopic (exact) mass is 447 g/mol. The molecule has 164 valence electrons. The maximum Gasteiger partial charge on any atom is 0.387 e. The number of carbonyl (C=O) groups is 1. The van der Waals surface area contributed by atoms with E-state index in [9.17, 15) is 13.6 Å². The third kappa shape index (κ3) is 5.11. The van der Waals surface area contributed by atoms with Crippen LogP contribution in [-0.4, -0.2) is 24.7 Å². The van der Waals surface area contributed by atoms with Gasteiger partial charge in [-0.2, -0.15) is 8.78 Å². The first kappa shape index (κ1) is 22.5. The lowest BCUT2D eigenvalue weighted by Crippen LogP contribution is -2.45. The molecule has 0 aromatic heterocycles. The molecule has 1 amide bonds. The van der Waals surface area contributed by atoms with Crippen LogP contribution in [0.25, 0.3) is 0 Å². The molecule has 3 rings (SSSR count). The number of allylic oxidation sites excluding steroid dienone is 1. The molecule has 0 unspecified atom stereocenters. The van der Waals surface area contributed by atoms with Crippen LogP contribution < -0.4 is 25.4 Å². The lowest BCUT2D eigenvalue weighted by Gasteiger charge is -2.30. The Bertz CT molecular complexity index is 1060. The van der Waals surface area contributed by atoms with Crippen molar-refractivity contribution in [2.75, 3.05) is 12.4 Å². The number of carbonyl (C=O) groups excluding carboxylic acids is 1. The number of aryl methyl sites for hydroxylation is 2. The lowest BCUT2D eigenvalue weighted by atomic mass is 9.94. The smallest absolute Gasteiger partial charge is 0.387 e. The average Bonchev–Trinajstić information content (AvgIpc) is 2.70. The number of amides is 1. The van der Waals surface area contributed by atoms with Crippen molar-refractivity contribution < 1.29 is 23.0 Å². The van der Waals surface area contributed by atoms with Gasteiger partial charge in [0.15, 0.2) is 16.6 Å². The standard InChI is InChI=1S/C22H23F2N3O3S/c1-11-5-7-15(9-12(11)2)26-20(28)18-13(3)25-22(31)27-19(18)14-6-8-16(30-21(23)24)17(10-14)29-4/h5-10,19,21H,1-4H3,(H,26,28)(H2,25,27,31)/t19-/m0/s1. The Morgan fingerprint density at radius 2 is 1.84 bits per heavy atom. The minimum absolute atomic E-state index is 0.0976. The molecule has 2 aromatic rings. The van der Waals surface area contributed by atoms with Gasteiger partial charge in [-0.1, -0.05) is 12.1 Å². The zero-order valence-corrected chi connectivity index (χ0v) is 18.3. The molecule has 0 bridgehead atoms. The Labute approximate surface area is 184 Å². The number of thiocarbonyl (C=S) groups is 1. The van der Waals surface area contributed by atoms with Crippen molar-refractivity contribution in [3.05, 3.63) is 64.4 Å². The van der Waals surface area contributed by atoms with Gasteiger partial charge in [0.05, 0.1) is 18.7 Å². The number of ether oxygens (including phenoxy) is 2. The van der Waals surface area contributed by atoms with Gasteiger partial charge in [-0.25, -0.2) is 0 Å². The number of benzene rings is 2. The summed E-state index contributed by atoms with van der Waals surface area (Å²) in [6.07, 6.45) is 0. The highest BCUT2D eigenvalue weighted by atomic mass is 32.1. The number of rotatable bonds is 6. The summed E-state index contributed by atoms with van der Waals surface area (Å²) in [5, 5.41) is 9.30. The van der Waals surface area contributed by atoms with Crippen LogP contribution in [-0.2, 0) is 4.79 Å². The van der Waals surface area contributed by atoms with Crippen LogP contribution in [0.1, 0.15) is 29.7 Å². The minimum Gasteiger partial charge on any atom is -0.493 e. The summed E-state index contributed by atoms with van der Waals surface area (Å²) in [6, 6.07) is 9.55. The average molecular weight is 448 g/mol. The van der Waals surface area contributed by atoms with Crippen molar-refractivity contribution >= 4 is 28.9 Å². The first-order valence-electron chi connectivity index (χ1n) is 9.49. The van der Waals surface area contributed by atoms with Gasteiger partial charge >= 0.3 is 6.61 Å². The number of hydrogen-bond donors (Lipinski definition) is 3. The van der Waals surface area contributed by atoms with E-state index in [1.807, 2.05) is 32.0 Å². The van der Waals surface area contributed by atoms with Crippen molar-refractivity contribution in [1.29, 1.82) is 0 Å². The van der Waals surface area contributed by atoms with Gasteiger partial charge in [0, 0.05) is 11.4 Å². The number of nitrogens with one attached hydrogen (secondary N) is 3. The number of methoxy groups -OCH3 is 1. The van der Waals surface area contributed by atoms with Crippen LogP contribution in [0.5, 0.6) is 11.5 Å². The Morgan fingerprint density at radius 3 is 2.48 bits per heavy atom. The SMILES string of the molecule is COc1cc([C@@H]2NC(=S)NC(C)=C2C(=O)Nc2ccc(C)c(C)c2)ccc1OC(F)F. The van der Waals surface area contributed by atoms with E-state index >= 15 is 0 Å². The Balaban J connectivity index is 1.96. The van der Waals surface area contributed by atoms with Crippen molar-refractivity contribution in [2.45, 2.75) is 33.4 Å². The van der Waals surface area contributed by atoms with E-state index in [1.165, 1.54) is 13.2 Å². The molecule has 2 aromatic carbocycles. The summed E-state index contributed by atoms with van der Waals surface area (Å²) >= 11 is 5.26. The van der Waals surface area contributed by atoms with E-state index < -0.39 is 12.7 Å². The molecule has 0 radical (unpaired) electrons. The highest BCUT2D eigenvalue weighted by molar-refractivity contribution is 7.80. The van der Waals surface area contributed by atoms with Gasteiger partial charge in [0.1, 0.15) is 0 Å². The Morgan fingerprint density at radius 1 is 1.10 bits per heavy atom. The van der Waals surface area contributed by atoms with Crippen LogP contribution in [0.3, 0.4) is 0 Å². The fourth-order valence-electron chi connectivity index (χ4n) is 3.32. The van der Waals surface area contributed by atoms with Gasteiger partial charge in [0.2, 0.25) is 0 Å². The van der Waals surface area contributed by atoms with Crippen molar-refractivity contribution in [3.63, 3.8) is 0 Å². The first-order chi connectivity index (χ1) is 14.7. The fourth-order valence-corrected chi connectivity index (χ4v) is 3.59. The van der Waals surface area contributed by atoms with Crippen molar-refractivity contribution in [2.24, 2.45) is 0 Å². The molecule has 1 aliphatic heterocycles. The highest BCUT2D eigenvalue weighted by Crippen LogP contribution is 2.35. The van der Waals surface area contributed by atoms with Crippen LogP contribution in [0, 0.1) is 13.8 Å². The summed E-state index contributed by atoms with van der Waals surface area (Å²) in [7, 11) is 1.35. The molecule has 6 nitrogen and oxygen atoms in total. The summed E-state index contributed by atoms with van der Waals surface area (Å²) in [5.74, 6) is -0.296. The third-order valence-electron chi connectivity index (χ3n) is 5.02. The van der Waals surface area contributed by atoms with E-state index in [2.05, 4.69) is 20.7 Å². The predicted molar refractivity (Wildman–Crippen MR) is 118 cm³/mol. The molecule has 0 saturated carbocycles. The van der Waals surface area contributed by atoms with E-state index in [-0.39, 0.29) is 17.4 Å². The lowest BCUT2D eigenvalue weighted by molar-refractivity contribution is -0.113. The normalized spacial score (nSPS) is 16.0. The molecule has 1 aliphatic rings. The predicted octanol–water partition coefficient (Wildman–Crippen LogP) is 4.34. The first-order valence-corrected chi connectivity index (χ1v) is 9.90. The second-order valence-electron chi connectivity index (χ2n) is 7.11. The maximum absolute atomic E-state index is 13.2. The molecule has 1 heterocycles. The van der Waals surface area contributed by atoms with Crippen molar-refractivity contribution in [3.8, 4) is 11.5 Å². The van der Waals surface area contributed by atoms with Crippen molar-refractivity contribution in [1.82, 2.24) is 10.6 Å².